The van der Waals surface area contributed by atoms with Crippen LogP contribution in [0, 0.1) is 6.92 Å². The van der Waals surface area contributed by atoms with Crippen molar-refractivity contribution < 1.29 is 27.8 Å². The number of aryl methyl sites for hydroxylation is 1. The molecule has 0 bridgehead atoms. The van der Waals surface area contributed by atoms with E-state index < -0.39 is 12.5 Å². The Kier molecular flexibility index (Phi) is 7.40. The smallest absolute Gasteiger partial charge is 0.387 e. The quantitative estimate of drug-likeness (QED) is 0.383. The van der Waals surface area contributed by atoms with Crippen molar-refractivity contribution in [1.29, 1.82) is 0 Å². The van der Waals surface area contributed by atoms with Gasteiger partial charge in [0.25, 0.3) is 11.8 Å². The standard InChI is InChI=1S/C28H27F2N5O4/c1-17-14-32-25-23(38-2)13-19(15-35(17)25)27(37)34-12-10-21(20(16-34)18-7-4-3-5-8-18)33-26(36)24-22(39-28(29)30)9-6-11-31-24/h3-9,11,13-15,20-21,28H,10,12,16H2,1-2H3,(H,33,36)/t20-,21-/m1/s1. The number of carbonyl (C=O) groups is 2. The number of carbonyl (C=O) groups excluding carboxylic acids is 2. The molecule has 2 amide bonds. The molecule has 11 heteroatoms. The minimum Gasteiger partial charge on any atom is -0.493 e. The highest BCUT2D eigenvalue weighted by molar-refractivity contribution is 5.96. The zero-order valence-electron chi connectivity index (χ0n) is 21.4. The van der Waals surface area contributed by atoms with Crippen LogP contribution in [-0.4, -0.2) is 63.9 Å². The number of hydrogen-bond acceptors (Lipinski definition) is 6. The van der Waals surface area contributed by atoms with E-state index in [0.29, 0.717) is 36.5 Å². The van der Waals surface area contributed by atoms with Crippen LogP contribution >= 0.6 is 0 Å². The Balaban J connectivity index is 1.40. The second-order valence-electron chi connectivity index (χ2n) is 9.26. The zero-order chi connectivity index (χ0) is 27.5. The van der Waals surface area contributed by atoms with E-state index in [0.717, 1.165) is 11.3 Å². The summed E-state index contributed by atoms with van der Waals surface area (Å²) in [7, 11) is 1.53. The molecule has 0 aliphatic carbocycles. The van der Waals surface area contributed by atoms with Gasteiger partial charge in [-0.1, -0.05) is 30.3 Å². The number of ether oxygens (including phenoxy) is 2. The molecule has 0 spiro atoms. The molecule has 1 fully saturated rings. The van der Waals surface area contributed by atoms with E-state index in [1.54, 1.807) is 23.4 Å². The minimum atomic E-state index is -3.09. The summed E-state index contributed by atoms with van der Waals surface area (Å²) in [6, 6.07) is 13.5. The van der Waals surface area contributed by atoms with Gasteiger partial charge in [-0.25, -0.2) is 9.97 Å². The number of rotatable bonds is 7. The number of fused-ring (bicyclic) bond motifs is 1. The maximum atomic E-state index is 13.7. The molecule has 1 aliphatic rings. The number of methoxy groups -OCH3 is 1. The molecule has 4 heterocycles. The molecule has 5 rings (SSSR count). The number of pyridine rings is 2. The summed E-state index contributed by atoms with van der Waals surface area (Å²) >= 11 is 0. The van der Waals surface area contributed by atoms with Gasteiger partial charge in [-0.2, -0.15) is 8.78 Å². The number of aromatic nitrogens is 3. The van der Waals surface area contributed by atoms with Gasteiger partial charge in [-0.3, -0.25) is 9.59 Å². The number of amides is 2. The Morgan fingerprint density at radius 3 is 2.64 bits per heavy atom. The van der Waals surface area contributed by atoms with Crippen LogP contribution < -0.4 is 14.8 Å². The van der Waals surface area contributed by atoms with E-state index >= 15 is 0 Å². The van der Waals surface area contributed by atoms with Gasteiger partial charge in [0, 0.05) is 49.3 Å². The van der Waals surface area contributed by atoms with Gasteiger partial charge >= 0.3 is 6.61 Å². The molecular formula is C28H27F2N5O4. The van der Waals surface area contributed by atoms with Crippen LogP contribution in [0.1, 0.15) is 44.4 Å². The summed E-state index contributed by atoms with van der Waals surface area (Å²) in [5.74, 6) is -0.855. The van der Waals surface area contributed by atoms with Crippen LogP contribution in [0.5, 0.6) is 11.5 Å². The minimum absolute atomic E-state index is 0.175. The van der Waals surface area contributed by atoms with Crippen molar-refractivity contribution in [3.8, 4) is 11.5 Å². The Hall–Kier alpha value is -4.54. The molecule has 202 valence electrons. The number of halogens is 2. The van der Waals surface area contributed by atoms with Crippen molar-refractivity contribution in [2.24, 2.45) is 0 Å². The summed E-state index contributed by atoms with van der Waals surface area (Å²) in [5.41, 5.74) is 2.66. The Labute approximate surface area is 223 Å². The first-order chi connectivity index (χ1) is 18.9. The van der Waals surface area contributed by atoms with Crippen molar-refractivity contribution in [2.75, 3.05) is 20.2 Å². The molecule has 1 saturated heterocycles. The Bertz CT molecular complexity index is 1490. The monoisotopic (exact) mass is 535 g/mol. The molecule has 3 aromatic heterocycles. The van der Waals surface area contributed by atoms with Crippen LogP contribution in [0.15, 0.2) is 67.1 Å². The highest BCUT2D eigenvalue weighted by Crippen LogP contribution is 2.30. The van der Waals surface area contributed by atoms with Gasteiger partial charge in [-0.15, -0.1) is 0 Å². The van der Waals surface area contributed by atoms with E-state index in [1.165, 1.54) is 25.4 Å². The predicted molar refractivity (Wildman–Crippen MR) is 138 cm³/mol. The number of piperidine rings is 1. The third-order valence-corrected chi connectivity index (χ3v) is 6.87. The lowest BCUT2D eigenvalue weighted by molar-refractivity contribution is -0.0504. The normalized spacial score (nSPS) is 17.3. The second-order valence-corrected chi connectivity index (χ2v) is 9.26. The van der Waals surface area contributed by atoms with Crippen LogP contribution in [0.2, 0.25) is 0 Å². The SMILES string of the molecule is COc1cc(C(=O)N2CC[C@@H](NC(=O)c3ncccc3OC(F)F)[C@@H](c3ccccc3)C2)cn2c(C)cnc12. The summed E-state index contributed by atoms with van der Waals surface area (Å²) in [4.78, 5) is 36.9. The van der Waals surface area contributed by atoms with Gasteiger partial charge in [0.15, 0.2) is 22.8 Å². The summed E-state index contributed by atoms with van der Waals surface area (Å²) in [6.45, 7) is -0.485. The van der Waals surface area contributed by atoms with Gasteiger partial charge in [0.05, 0.1) is 12.7 Å². The fourth-order valence-corrected chi connectivity index (χ4v) is 4.96. The van der Waals surface area contributed by atoms with Crippen molar-refractivity contribution in [3.05, 3.63) is 89.6 Å². The van der Waals surface area contributed by atoms with Gasteiger partial charge in [0.1, 0.15) is 0 Å². The maximum absolute atomic E-state index is 13.7. The first kappa shape index (κ1) is 26.1. The molecule has 0 unspecified atom stereocenters. The molecule has 2 atom stereocenters. The average Bonchev–Trinajstić information content (AvgIpc) is 3.33. The third kappa shape index (κ3) is 5.38. The summed E-state index contributed by atoms with van der Waals surface area (Å²) in [5, 5.41) is 2.95. The predicted octanol–water partition coefficient (Wildman–Crippen LogP) is 4.08. The number of nitrogens with zero attached hydrogens (tertiary/aromatic N) is 4. The van der Waals surface area contributed by atoms with Crippen LogP contribution in [-0.2, 0) is 0 Å². The van der Waals surface area contributed by atoms with Gasteiger partial charge in [-0.05, 0) is 37.1 Å². The topological polar surface area (TPSA) is 98.1 Å². The van der Waals surface area contributed by atoms with E-state index in [-0.39, 0.29) is 29.3 Å². The van der Waals surface area contributed by atoms with E-state index in [2.05, 4.69) is 20.0 Å². The molecule has 0 saturated carbocycles. The van der Waals surface area contributed by atoms with Crippen LogP contribution in [0.4, 0.5) is 8.78 Å². The number of likely N-dealkylation sites (tertiary alicyclic amines) is 1. The van der Waals surface area contributed by atoms with E-state index in [9.17, 15) is 18.4 Å². The second kappa shape index (κ2) is 11.1. The van der Waals surface area contributed by atoms with Crippen LogP contribution in [0.25, 0.3) is 5.65 Å². The van der Waals surface area contributed by atoms with Gasteiger partial charge < -0.3 is 24.1 Å². The van der Waals surface area contributed by atoms with Crippen LogP contribution in [0.3, 0.4) is 0 Å². The average molecular weight is 536 g/mol. The molecule has 0 radical (unpaired) electrons. The molecule has 1 N–H and O–H groups in total. The molecule has 1 aromatic carbocycles. The maximum Gasteiger partial charge on any atom is 0.387 e. The first-order valence-corrected chi connectivity index (χ1v) is 12.4. The lowest BCUT2D eigenvalue weighted by atomic mass is 9.85. The molecule has 4 aromatic rings. The number of hydrogen-bond donors (Lipinski definition) is 1. The molecule has 1 aliphatic heterocycles. The number of benzene rings is 1. The first-order valence-electron chi connectivity index (χ1n) is 12.4. The van der Waals surface area contributed by atoms with Gasteiger partial charge in [0.2, 0.25) is 0 Å². The zero-order valence-corrected chi connectivity index (χ0v) is 21.4. The van der Waals surface area contributed by atoms with Crippen molar-refractivity contribution in [2.45, 2.75) is 31.9 Å². The number of imidazole rings is 1. The Morgan fingerprint density at radius 2 is 1.90 bits per heavy atom. The van der Waals surface area contributed by atoms with Crippen molar-refractivity contribution in [3.63, 3.8) is 0 Å². The molecule has 9 nitrogen and oxygen atoms in total. The summed E-state index contributed by atoms with van der Waals surface area (Å²) in [6.07, 6.45) is 5.25. The lowest BCUT2D eigenvalue weighted by Crippen LogP contribution is -2.51. The third-order valence-electron chi connectivity index (χ3n) is 6.87. The number of alkyl halides is 2. The lowest BCUT2D eigenvalue weighted by Gasteiger charge is -2.39. The fraction of sp³-hybridized carbons (Fsp3) is 0.286. The van der Waals surface area contributed by atoms with Crippen molar-refractivity contribution >= 4 is 17.5 Å². The number of nitrogens with one attached hydrogen (secondary N) is 1. The van der Waals surface area contributed by atoms with Crippen molar-refractivity contribution in [1.82, 2.24) is 24.6 Å². The highest BCUT2D eigenvalue weighted by Gasteiger charge is 2.35. The molecule has 39 heavy (non-hydrogen) atoms. The highest BCUT2D eigenvalue weighted by atomic mass is 19.3. The van der Waals surface area contributed by atoms with E-state index in [4.69, 9.17) is 4.74 Å². The molecular weight excluding hydrogens is 508 g/mol. The van der Waals surface area contributed by atoms with E-state index in [1.807, 2.05) is 41.7 Å². The fourth-order valence-electron chi connectivity index (χ4n) is 4.96. The summed E-state index contributed by atoms with van der Waals surface area (Å²) < 4.78 is 37.5. The Morgan fingerprint density at radius 1 is 1.10 bits per heavy atom. The largest absolute Gasteiger partial charge is 0.493 e.